The SMILES string of the molecule is C/C=C\O[C@@H]1CO[C@H]2[C@@H]1OC[C@@H]2OCc1ccccc1. The smallest absolute Gasteiger partial charge is 0.150 e. The Morgan fingerprint density at radius 2 is 1.80 bits per heavy atom. The largest absolute Gasteiger partial charge is 0.493 e. The number of fused-ring (bicyclic) bond motifs is 1. The monoisotopic (exact) mass is 276 g/mol. The highest BCUT2D eigenvalue weighted by molar-refractivity contribution is 5.13. The van der Waals surface area contributed by atoms with Gasteiger partial charge in [-0.3, -0.25) is 0 Å². The second kappa shape index (κ2) is 6.39. The standard InChI is InChI=1S/C16H20O4/c1-2-8-17-13-10-19-16-14(11-20-15(13)16)18-9-12-6-4-3-5-7-12/h2-8,13-16H,9-11H2,1H3/b8-2-/t13-,14+,15-,16-/m1/s1. The van der Waals surface area contributed by atoms with E-state index in [2.05, 4.69) is 12.1 Å². The molecule has 2 saturated heterocycles. The lowest BCUT2D eigenvalue weighted by Crippen LogP contribution is -2.33. The van der Waals surface area contributed by atoms with Crippen molar-refractivity contribution in [2.75, 3.05) is 13.2 Å². The maximum Gasteiger partial charge on any atom is 0.150 e. The summed E-state index contributed by atoms with van der Waals surface area (Å²) in [6, 6.07) is 10.1. The third kappa shape index (κ3) is 2.87. The summed E-state index contributed by atoms with van der Waals surface area (Å²) in [5.74, 6) is 0. The molecule has 3 rings (SSSR count). The van der Waals surface area contributed by atoms with Gasteiger partial charge in [0.05, 0.1) is 26.1 Å². The molecular weight excluding hydrogens is 256 g/mol. The van der Waals surface area contributed by atoms with E-state index in [1.165, 1.54) is 0 Å². The van der Waals surface area contributed by atoms with Crippen molar-refractivity contribution in [1.29, 1.82) is 0 Å². The fraction of sp³-hybridized carbons (Fsp3) is 0.500. The van der Waals surface area contributed by atoms with Crippen LogP contribution >= 0.6 is 0 Å². The molecule has 1 aromatic carbocycles. The molecule has 0 bridgehead atoms. The summed E-state index contributed by atoms with van der Waals surface area (Å²) >= 11 is 0. The van der Waals surface area contributed by atoms with Crippen molar-refractivity contribution >= 4 is 0 Å². The molecule has 2 aliphatic heterocycles. The van der Waals surface area contributed by atoms with Gasteiger partial charge in [0, 0.05) is 0 Å². The van der Waals surface area contributed by atoms with Gasteiger partial charge in [0.25, 0.3) is 0 Å². The van der Waals surface area contributed by atoms with Crippen LogP contribution in [0, 0.1) is 0 Å². The van der Waals surface area contributed by atoms with Crippen molar-refractivity contribution < 1.29 is 18.9 Å². The van der Waals surface area contributed by atoms with Crippen molar-refractivity contribution in [2.45, 2.75) is 37.9 Å². The number of hydrogen-bond acceptors (Lipinski definition) is 4. The summed E-state index contributed by atoms with van der Waals surface area (Å²) in [6.45, 7) is 3.64. The Bertz CT molecular complexity index is 445. The van der Waals surface area contributed by atoms with E-state index in [0.717, 1.165) is 5.56 Å². The van der Waals surface area contributed by atoms with E-state index < -0.39 is 0 Å². The molecule has 0 spiro atoms. The summed E-state index contributed by atoms with van der Waals surface area (Å²) in [5, 5.41) is 0. The third-order valence-corrected chi connectivity index (χ3v) is 3.66. The van der Waals surface area contributed by atoms with Crippen LogP contribution in [0.15, 0.2) is 42.7 Å². The number of benzene rings is 1. The molecule has 108 valence electrons. The van der Waals surface area contributed by atoms with Gasteiger partial charge in [-0.1, -0.05) is 36.4 Å². The molecule has 0 N–H and O–H groups in total. The minimum atomic E-state index is -0.0264. The Morgan fingerprint density at radius 3 is 2.55 bits per heavy atom. The number of allylic oxidation sites excluding steroid dienone is 1. The van der Waals surface area contributed by atoms with Crippen LogP contribution in [-0.2, 0) is 25.6 Å². The Balaban J connectivity index is 1.53. The van der Waals surface area contributed by atoms with Gasteiger partial charge in [-0.05, 0) is 12.5 Å². The van der Waals surface area contributed by atoms with Gasteiger partial charge in [0.15, 0.2) is 0 Å². The lowest BCUT2D eigenvalue weighted by atomic mass is 10.1. The van der Waals surface area contributed by atoms with Gasteiger partial charge in [-0.15, -0.1) is 0 Å². The summed E-state index contributed by atoms with van der Waals surface area (Å²) in [4.78, 5) is 0. The van der Waals surface area contributed by atoms with Crippen molar-refractivity contribution in [3.8, 4) is 0 Å². The van der Waals surface area contributed by atoms with Crippen LogP contribution in [-0.4, -0.2) is 37.6 Å². The summed E-state index contributed by atoms with van der Waals surface area (Å²) < 4.78 is 23.1. The zero-order chi connectivity index (χ0) is 13.8. The molecule has 0 radical (unpaired) electrons. The van der Waals surface area contributed by atoms with Crippen LogP contribution in [0.25, 0.3) is 0 Å². The molecule has 0 aromatic heterocycles. The molecule has 20 heavy (non-hydrogen) atoms. The van der Waals surface area contributed by atoms with Gasteiger partial charge in [0.2, 0.25) is 0 Å². The zero-order valence-electron chi connectivity index (χ0n) is 11.6. The lowest BCUT2D eigenvalue weighted by Gasteiger charge is -2.17. The molecule has 0 amide bonds. The molecule has 1 aromatic rings. The van der Waals surface area contributed by atoms with Crippen molar-refractivity contribution in [3.05, 3.63) is 48.2 Å². The Labute approximate surface area is 119 Å². The highest BCUT2D eigenvalue weighted by atomic mass is 16.6. The third-order valence-electron chi connectivity index (χ3n) is 3.66. The van der Waals surface area contributed by atoms with E-state index in [1.807, 2.05) is 31.2 Å². The van der Waals surface area contributed by atoms with Gasteiger partial charge in [-0.2, -0.15) is 0 Å². The fourth-order valence-corrected chi connectivity index (χ4v) is 2.65. The van der Waals surface area contributed by atoms with Gasteiger partial charge in [0.1, 0.15) is 24.4 Å². The molecule has 2 fully saturated rings. The quantitative estimate of drug-likeness (QED) is 0.773. The molecule has 2 aliphatic rings. The molecule has 0 aliphatic carbocycles. The highest BCUT2D eigenvalue weighted by Gasteiger charge is 2.49. The maximum absolute atomic E-state index is 5.93. The van der Waals surface area contributed by atoms with Crippen LogP contribution in [0.1, 0.15) is 12.5 Å². The van der Waals surface area contributed by atoms with E-state index in [4.69, 9.17) is 18.9 Å². The molecule has 4 nitrogen and oxygen atoms in total. The first-order valence-corrected chi connectivity index (χ1v) is 7.04. The Kier molecular flexibility index (Phi) is 4.35. The number of ether oxygens (including phenoxy) is 4. The fourth-order valence-electron chi connectivity index (χ4n) is 2.65. The highest BCUT2D eigenvalue weighted by Crippen LogP contribution is 2.31. The molecular formula is C16H20O4. The number of rotatable bonds is 5. The Hall–Kier alpha value is -1.36. The van der Waals surface area contributed by atoms with Crippen LogP contribution in [0.4, 0.5) is 0 Å². The summed E-state index contributed by atoms with van der Waals surface area (Å²) in [7, 11) is 0. The maximum atomic E-state index is 5.93. The average molecular weight is 276 g/mol. The van der Waals surface area contributed by atoms with E-state index in [0.29, 0.717) is 19.8 Å². The van der Waals surface area contributed by atoms with Crippen LogP contribution in [0.2, 0.25) is 0 Å². The van der Waals surface area contributed by atoms with E-state index in [1.54, 1.807) is 6.26 Å². The predicted octanol–water partition coefficient (Wildman–Crippen LogP) is 2.29. The second-order valence-electron chi connectivity index (χ2n) is 5.07. The average Bonchev–Trinajstić information content (AvgIpc) is 3.06. The lowest BCUT2D eigenvalue weighted by molar-refractivity contribution is -0.0448. The van der Waals surface area contributed by atoms with Gasteiger partial charge in [-0.25, -0.2) is 0 Å². The second-order valence-corrected chi connectivity index (χ2v) is 5.07. The molecule has 0 unspecified atom stereocenters. The molecule has 4 heteroatoms. The first-order chi connectivity index (χ1) is 9.88. The first-order valence-electron chi connectivity index (χ1n) is 7.04. The summed E-state index contributed by atoms with van der Waals surface area (Å²) in [6.07, 6.45) is 3.48. The predicted molar refractivity (Wildman–Crippen MR) is 74.2 cm³/mol. The molecule has 4 atom stereocenters. The number of hydrogen-bond donors (Lipinski definition) is 0. The normalized spacial score (nSPS) is 32.6. The van der Waals surface area contributed by atoms with Crippen LogP contribution in [0.3, 0.4) is 0 Å². The van der Waals surface area contributed by atoms with Crippen LogP contribution < -0.4 is 0 Å². The van der Waals surface area contributed by atoms with E-state index >= 15 is 0 Å². The van der Waals surface area contributed by atoms with Crippen molar-refractivity contribution in [3.63, 3.8) is 0 Å². The zero-order valence-corrected chi connectivity index (χ0v) is 11.6. The van der Waals surface area contributed by atoms with E-state index in [-0.39, 0.29) is 24.4 Å². The summed E-state index contributed by atoms with van der Waals surface area (Å²) in [5.41, 5.74) is 1.16. The van der Waals surface area contributed by atoms with Crippen molar-refractivity contribution in [2.24, 2.45) is 0 Å². The molecule has 0 saturated carbocycles. The molecule has 2 heterocycles. The first kappa shape index (κ1) is 13.6. The minimum absolute atomic E-state index is 0.0144. The van der Waals surface area contributed by atoms with E-state index in [9.17, 15) is 0 Å². The topological polar surface area (TPSA) is 36.9 Å². The van der Waals surface area contributed by atoms with Gasteiger partial charge >= 0.3 is 0 Å². The van der Waals surface area contributed by atoms with Crippen molar-refractivity contribution in [1.82, 2.24) is 0 Å². The Morgan fingerprint density at radius 1 is 1.10 bits per heavy atom. The minimum Gasteiger partial charge on any atom is -0.493 e. The van der Waals surface area contributed by atoms with Gasteiger partial charge < -0.3 is 18.9 Å². The van der Waals surface area contributed by atoms with Crippen LogP contribution in [0.5, 0.6) is 0 Å².